The second-order valence-corrected chi connectivity index (χ2v) is 7.63. The molecular formula is C18H16N4O3S2. The third kappa shape index (κ3) is 3.57. The molecule has 27 heavy (non-hydrogen) atoms. The third-order valence-electron chi connectivity index (χ3n) is 3.85. The van der Waals surface area contributed by atoms with Gasteiger partial charge in [0.1, 0.15) is 5.75 Å². The molecule has 7 nitrogen and oxygen atoms in total. The van der Waals surface area contributed by atoms with E-state index in [1.165, 1.54) is 22.7 Å². The molecule has 0 aliphatic rings. The van der Waals surface area contributed by atoms with E-state index in [4.69, 9.17) is 9.84 Å². The van der Waals surface area contributed by atoms with Crippen molar-refractivity contribution in [3.8, 4) is 5.75 Å². The van der Waals surface area contributed by atoms with E-state index in [0.29, 0.717) is 23.0 Å². The highest BCUT2D eigenvalue weighted by Crippen LogP contribution is 2.37. The van der Waals surface area contributed by atoms with Gasteiger partial charge in [0, 0.05) is 12.1 Å². The molecule has 0 fully saturated rings. The quantitative estimate of drug-likeness (QED) is 0.458. The molecule has 1 amide bonds. The average Bonchev–Trinajstić information content (AvgIpc) is 3.29. The lowest BCUT2D eigenvalue weighted by Crippen LogP contribution is -2.11. The van der Waals surface area contributed by atoms with Crippen molar-refractivity contribution in [2.24, 2.45) is 0 Å². The maximum absolute atomic E-state index is 12.5. The Morgan fingerprint density at radius 2 is 1.81 bits per heavy atom. The molecule has 0 saturated carbocycles. The second-order valence-electron chi connectivity index (χ2n) is 5.64. The van der Waals surface area contributed by atoms with Crippen LogP contribution in [0.15, 0.2) is 36.4 Å². The topological polar surface area (TPSA) is 96.4 Å². The number of aliphatic hydroxyl groups excluding tert-OH is 1. The molecule has 2 aromatic heterocycles. The molecule has 4 aromatic rings. The predicted molar refractivity (Wildman–Crippen MR) is 109 cm³/mol. The molecule has 3 N–H and O–H groups in total. The number of fused-ring (bicyclic) bond motifs is 3. The zero-order chi connectivity index (χ0) is 18.8. The van der Waals surface area contributed by atoms with Crippen LogP contribution >= 0.6 is 22.7 Å². The number of aromatic nitrogens is 2. The highest BCUT2D eigenvalue weighted by atomic mass is 32.1. The molecule has 0 saturated heterocycles. The van der Waals surface area contributed by atoms with Crippen LogP contribution in [-0.4, -0.2) is 41.2 Å². The maximum Gasteiger partial charge on any atom is 0.257 e. The number of hydrogen-bond acceptors (Lipinski definition) is 8. The zero-order valence-electron chi connectivity index (χ0n) is 14.4. The smallest absolute Gasteiger partial charge is 0.257 e. The number of aliphatic hydroxyl groups is 1. The zero-order valence-corrected chi connectivity index (χ0v) is 16.0. The highest BCUT2D eigenvalue weighted by molar-refractivity contribution is 7.30. The first kappa shape index (κ1) is 17.7. The van der Waals surface area contributed by atoms with E-state index in [2.05, 4.69) is 20.6 Å². The number of anilines is 2. The van der Waals surface area contributed by atoms with Crippen molar-refractivity contribution in [1.82, 2.24) is 9.97 Å². The lowest BCUT2D eigenvalue weighted by Gasteiger charge is -2.03. The molecule has 138 valence electrons. The Morgan fingerprint density at radius 3 is 2.52 bits per heavy atom. The summed E-state index contributed by atoms with van der Waals surface area (Å²) in [5.41, 5.74) is 2.18. The average molecular weight is 400 g/mol. The number of carbonyl (C=O) groups excluding carboxylic acids is 1. The highest BCUT2D eigenvalue weighted by Gasteiger charge is 2.14. The van der Waals surface area contributed by atoms with Crippen LogP contribution in [0.2, 0.25) is 0 Å². The number of nitrogens with one attached hydrogen (secondary N) is 2. The van der Waals surface area contributed by atoms with E-state index in [-0.39, 0.29) is 12.5 Å². The van der Waals surface area contributed by atoms with E-state index < -0.39 is 0 Å². The number of amides is 1. The van der Waals surface area contributed by atoms with E-state index >= 15 is 0 Å². The number of methoxy groups -OCH3 is 1. The number of thiazole rings is 2. The minimum atomic E-state index is -0.237. The molecule has 4 rings (SSSR count). The van der Waals surface area contributed by atoms with Gasteiger partial charge in [0.05, 0.1) is 34.1 Å². The van der Waals surface area contributed by atoms with Crippen LogP contribution in [-0.2, 0) is 0 Å². The Labute approximate surface area is 162 Å². The van der Waals surface area contributed by atoms with Crippen molar-refractivity contribution in [2.75, 3.05) is 30.9 Å². The molecule has 0 radical (unpaired) electrons. The van der Waals surface area contributed by atoms with Gasteiger partial charge in [-0.25, -0.2) is 9.97 Å². The van der Waals surface area contributed by atoms with Crippen LogP contribution in [0.4, 0.5) is 10.3 Å². The molecule has 0 aliphatic heterocycles. The Bertz CT molecular complexity index is 1120. The largest absolute Gasteiger partial charge is 0.497 e. The monoisotopic (exact) mass is 400 g/mol. The van der Waals surface area contributed by atoms with Gasteiger partial charge >= 0.3 is 0 Å². The van der Waals surface area contributed by atoms with E-state index in [1.807, 2.05) is 12.1 Å². The minimum Gasteiger partial charge on any atom is -0.497 e. The normalized spacial score (nSPS) is 11.0. The Balaban J connectivity index is 1.63. The second kappa shape index (κ2) is 7.47. The summed E-state index contributed by atoms with van der Waals surface area (Å²) >= 11 is 2.92. The number of ether oxygens (including phenoxy) is 1. The fraction of sp³-hybridized carbons (Fsp3) is 0.167. The molecule has 0 bridgehead atoms. The minimum absolute atomic E-state index is 0.0480. The van der Waals surface area contributed by atoms with Gasteiger partial charge in [0.2, 0.25) is 0 Å². The lowest BCUT2D eigenvalue weighted by molar-refractivity contribution is 0.102. The van der Waals surface area contributed by atoms with Gasteiger partial charge < -0.3 is 15.2 Å². The molecule has 2 heterocycles. The molecule has 0 atom stereocenters. The Kier molecular flexibility index (Phi) is 4.88. The van der Waals surface area contributed by atoms with Gasteiger partial charge in [-0.1, -0.05) is 28.7 Å². The van der Waals surface area contributed by atoms with Crippen LogP contribution < -0.4 is 15.4 Å². The van der Waals surface area contributed by atoms with Gasteiger partial charge in [-0.3, -0.25) is 10.1 Å². The predicted octanol–water partition coefficient (Wildman–Crippen LogP) is 3.57. The Hall–Kier alpha value is -2.75. The Morgan fingerprint density at radius 1 is 1.11 bits per heavy atom. The van der Waals surface area contributed by atoms with Gasteiger partial charge in [-0.2, -0.15) is 0 Å². The summed E-state index contributed by atoms with van der Waals surface area (Å²) in [6.07, 6.45) is 0. The summed E-state index contributed by atoms with van der Waals surface area (Å²) < 4.78 is 7.14. The summed E-state index contributed by atoms with van der Waals surface area (Å²) in [5, 5.41) is 16.2. The standard InChI is InChI=1S/C18H16N4O3S2/c1-25-11-4-2-3-10(9-11)16(24)22-18-21-13-6-5-12-14(15(13)27-18)26-17(20-12)19-7-8-23/h2-6,9,23H,7-8H2,1H3,(H,19,20)(H,21,22,24). The number of carbonyl (C=O) groups is 1. The molecule has 2 aromatic carbocycles. The SMILES string of the molecule is COc1cccc(C(=O)Nc2nc3ccc4nc(NCCO)sc4c3s2)c1. The first-order chi connectivity index (χ1) is 13.2. The first-order valence-corrected chi connectivity index (χ1v) is 9.81. The van der Waals surface area contributed by atoms with Crippen LogP contribution in [0.25, 0.3) is 20.4 Å². The number of nitrogens with zero attached hydrogens (tertiary/aromatic N) is 2. The lowest BCUT2D eigenvalue weighted by atomic mass is 10.2. The van der Waals surface area contributed by atoms with Crippen molar-refractivity contribution in [3.63, 3.8) is 0 Å². The van der Waals surface area contributed by atoms with E-state index in [1.54, 1.807) is 31.4 Å². The number of benzene rings is 2. The van der Waals surface area contributed by atoms with Gasteiger partial charge in [0.15, 0.2) is 10.3 Å². The maximum atomic E-state index is 12.5. The summed E-state index contributed by atoms with van der Waals surface area (Å²) in [6.45, 7) is 0.500. The van der Waals surface area contributed by atoms with Crippen LogP contribution in [0.1, 0.15) is 10.4 Å². The first-order valence-electron chi connectivity index (χ1n) is 8.18. The van der Waals surface area contributed by atoms with E-state index in [9.17, 15) is 4.79 Å². The molecular weight excluding hydrogens is 384 g/mol. The molecule has 9 heteroatoms. The summed E-state index contributed by atoms with van der Waals surface area (Å²) in [6, 6.07) is 10.8. The summed E-state index contributed by atoms with van der Waals surface area (Å²) in [4.78, 5) is 21.5. The van der Waals surface area contributed by atoms with Crippen LogP contribution in [0.3, 0.4) is 0 Å². The van der Waals surface area contributed by atoms with Crippen molar-refractivity contribution >= 4 is 59.3 Å². The van der Waals surface area contributed by atoms with Crippen molar-refractivity contribution in [2.45, 2.75) is 0 Å². The molecule has 0 spiro atoms. The van der Waals surface area contributed by atoms with Gasteiger partial charge in [-0.15, -0.1) is 0 Å². The van der Waals surface area contributed by atoms with Crippen molar-refractivity contribution in [1.29, 1.82) is 0 Å². The van der Waals surface area contributed by atoms with Crippen molar-refractivity contribution < 1.29 is 14.6 Å². The van der Waals surface area contributed by atoms with Crippen LogP contribution in [0.5, 0.6) is 5.75 Å². The summed E-state index contributed by atoms with van der Waals surface area (Å²) in [5.74, 6) is 0.389. The number of rotatable bonds is 6. The molecule has 0 unspecified atom stereocenters. The third-order valence-corrected chi connectivity index (χ3v) is 6.03. The fourth-order valence-electron chi connectivity index (χ4n) is 2.60. The van der Waals surface area contributed by atoms with Crippen LogP contribution in [0, 0.1) is 0 Å². The van der Waals surface area contributed by atoms with Crippen molar-refractivity contribution in [3.05, 3.63) is 42.0 Å². The summed E-state index contributed by atoms with van der Waals surface area (Å²) in [7, 11) is 1.56. The number of hydrogen-bond donors (Lipinski definition) is 3. The molecule has 0 aliphatic carbocycles. The van der Waals surface area contributed by atoms with E-state index in [0.717, 1.165) is 25.6 Å². The van der Waals surface area contributed by atoms with Gasteiger partial charge in [-0.05, 0) is 30.3 Å². The fourth-order valence-corrected chi connectivity index (χ4v) is 4.67. The van der Waals surface area contributed by atoms with Gasteiger partial charge in [0.25, 0.3) is 5.91 Å².